The van der Waals surface area contributed by atoms with Gasteiger partial charge in [0.25, 0.3) is 0 Å². The van der Waals surface area contributed by atoms with Crippen molar-refractivity contribution in [2.45, 2.75) is 6.10 Å². The molecule has 0 atom stereocenters. The molecule has 2 rings (SSSR count). The molecule has 4 nitrogen and oxygen atoms in total. The summed E-state index contributed by atoms with van der Waals surface area (Å²) in [5.74, 6) is 0.657. The summed E-state index contributed by atoms with van der Waals surface area (Å²) in [6.07, 6.45) is 2.89. The molecule has 64 valence electrons. The van der Waals surface area contributed by atoms with E-state index in [1.807, 2.05) is 4.90 Å². The number of hydrogen-bond acceptors (Lipinski definition) is 4. The average Bonchev–Trinajstić information content (AvgIpc) is 2.01. The second-order valence-corrected chi connectivity index (χ2v) is 3.09. The first kappa shape index (κ1) is 7.76. The number of rotatable bonds is 1. The van der Waals surface area contributed by atoms with E-state index in [1.165, 1.54) is 0 Å². The smallest absolute Gasteiger partial charge is 0.171 e. The Kier molecular flexibility index (Phi) is 1.86. The standard InChI is InChI=1S/C7H8ClN3O/c8-6-7(10-2-1-9-6)11-3-5(12)4-11/h1-2,5,12H,3-4H2. The molecule has 1 fully saturated rings. The number of β-amino-alcohol motifs (C(OH)–C–C–N with tert-alkyl or cyclic N) is 1. The zero-order valence-corrected chi connectivity index (χ0v) is 7.07. The Hall–Kier alpha value is -0.870. The molecule has 0 amide bonds. The first-order valence-corrected chi connectivity index (χ1v) is 4.04. The Balaban J connectivity index is 2.18. The highest BCUT2D eigenvalue weighted by molar-refractivity contribution is 6.31. The van der Waals surface area contributed by atoms with Crippen LogP contribution in [0.5, 0.6) is 0 Å². The second-order valence-electron chi connectivity index (χ2n) is 2.73. The Labute approximate surface area is 74.8 Å². The maximum absolute atomic E-state index is 9.04. The number of anilines is 1. The third-order valence-corrected chi connectivity index (χ3v) is 2.06. The molecule has 1 aliphatic rings. The lowest BCUT2D eigenvalue weighted by atomic mass is 10.2. The molecule has 1 aromatic heterocycles. The lowest BCUT2D eigenvalue weighted by Gasteiger charge is -2.36. The van der Waals surface area contributed by atoms with E-state index in [0.29, 0.717) is 24.1 Å². The van der Waals surface area contributed by atoms with Gasteiger partial charge in [0.05, 0.1) is 6.10 Å². The highest BCUT2D eigenvalue weighted by Gasteiger charge is 2.27. The Morgan fingerprint density at radius 3 is 2.67 bits per heavy atom. The van der Waals surface area contributed by atoms with Gasteiger partial charge in [0, 0.05) is 25.5 Å². The Bertz CT molecular complexity index is 288. The molecule has 1 N–H and O–H groups in total. The topological polar surface area (TPSA) is 49.2 Å². The predicted octanol–water partition coefficient (Wildman–Crippen LogP) is 0.311. The van der Waals surface area contributed by atoms with Crippen LogP contribution in [0.1, 0.15) is 0 Å². The van der Waals surface area contributed by atoms with Gasteiger partial charge in [-0.05, 0) is 0 Å². The van der Waals surface area contributed by atoms with Crippen LogP contribution in [0, 0.1) is 0 Å². The molecule has 0 aromatic carbocycles. The van der Waals surface area contributed by atoms with Gasteiger partial charge in [0.15, 0.2) is 11.0 Å². The lowest BCUT2D eigenvalue weighted by molar-refractivity contribution is 0.141. The van der Waals surface area contributed by atoms with E-state index in [4.69, 9.17) is 16.7 Å². The molecule has 1 saturated heterocycles. The van der Waals surface area contributed by atoms with Crippen LogP contribution in [0.15, 0.2) is 12.4 Å². The molecule has 2 heterocycles. The van der Waals surface area contributed by atoms with Crippen molar-refractivity contribution in [3.8, 4) is 0 Å². The van der Waals surface area contributed by atoms with Crippen LogP contribution < -0.4 is 4.90 Å². The summed E-state index contributed by atoms with van der Waals surface area (Å²) in [6, 6.07) is 0. The second kappa shape index (κ2) is 2.88. The third-order valence-electron chi connectivity index (χ3n) is 1.80. The van der Waals surface area contributed by atoms with Crippen LogP contribution in [-0.4, -0.2) is 34.3 Å². The summed E-state index contributed by atoms with van der Waals surface area (Å²) >= 11 is 5.78. The zero-order chi connectivity index (χ0) is 8.55. The maximum atomic E-state index is 9.04. The van der Waals surface area contributed by atoms with E-state index in [-0.39, 0.29) is 6.10 Å². The molecule has 1 aliphatic heterocycles. The lowest BCUT2D eigenvalue weighted by Crippen LogP contribution is -2.51. The van der Waals surface area contributed by atoms with Gasteiger partial charge in [0.1, 0.15) is 0 Å². The summed E-state index contributed by atoms with van der Waals surface area (Å²) in [4.78, 5) is 9.83. The van der Waals surface area contributed by atoms with Crippen molar-refractivity contribution in [1.29, 1.82) is 0 Å². The number of halogens is 1. The molecule has 0 radical (unpaired) electrons. The SMILES string of the molecule is OC1CN(c2nccnc2Cl)C1. The summed E-state index contributed by atoms with van der Waals surface area (Å²) in [5.41, 5.74) is 0. The average molecular weight is 186 g/mol. The highest BCUT2D eigenvalue weighted by Crippen LogP contribution is 2.23. The van der Waals surface area contributed by atoms with E-state index in [1.54, 1.807) is 12.4 Å². The van der Waals surface area contributed by atoms with Crippen LogP contribution in [0.25, 0.3) is 0 Å². The molecule has 5 heteroatoms. The molecule has 0 unspecified atom stereocenters. The van der Waals surface area contributed by atoms with E-state index < -0.39 is 0 Å². The van der Waals surface area contributed by atoms with Crippen molar-refractivity contribution in [2.75, 3.05) is 18.0 Å². The normalized spacial score (nSPS) is 17.7. The van der Waals surface area contributed by atoms with Gasteiger partial charge in [-0.15, -0.1) is 0 Å². The maximum Gasteiger partial charge on any atom is 0.171 e. The summed E-state index contributed by atoms with van der Waals surface area (Å²) < 4.78 is 0. The van der Waals surface area contributed by atoms with Crippen molar-refractivity contribution in [3.63, 3.8) is 0 Å². The van der Waals surface area contributed by atoms with Crippen LogP contribution in [-0.2, 0) is 0 Å². The molecule has 12 heavy (non-hydrogen) atoms. The Morgan fingerprint density at radius 1 is 1.42 bits per heavy atom. The minimum absolute atomic E-state index is 0.247. The molecule has 1 aromatic rings. The van der Waals surface area contributed by atoms with Gasteiger partial charge in [0.2, 0.25) is 0 Å². The third kappa shape index (κ3) is 1.23. The van der Waals surface area contributed by atoms with Crippen molar-refractivity contribution in [3.05, 3.63) is 17.5 Å². The van der Waals surface area contributed by atoms with E-state index in [2.05, 4.69) is 9.97 Å². The molecular formula is C7H8ClN3O. The molecule has 0 spiro atoms. The van der Waals surface area contributed by atoms with Gasteiger partial charge in [-0.2, -0.15) is 0 Å². The number of aliphatic hydroxyl groups is 1. The van der Waals surface area contributed by atoms with Gasteiger partial charge >= 0.3 is 0 Å². The number of hydrogen-bond donors (Lipinski definition) is 1. The van der Waals surface area contributed by atoms with Crippen LogP contribution in [0.2, 0.25) is 5.15 Å². The van der Waals surface area contributed by atoms with E-state index >= 15 is 0 Å². The van der Waals surface area contributed by atoms with Crippen LogP contribution in [0.3, 0.4) is 0 Å². The van der Waals surface area contributed by atoms with Crippen molar-refractivity contribution >= 4 is 17.4 Å². The Morgan fingerprint density at radius 2 is 2.08 bits per heavy atom. The summed E-state index contributed by atoms with van der Waals surface area (Å²) in [5, 5.41) is 9.43. The van der Waals surface area contributed by atoms with Crippen molar-refractivity contribution < 1.29 is 5.11 Å². The number of nitrogens with zero attached hydrogens (tertiary/aromatic N) is 3. The quantitative estimate of drug-likeness (QED) is 0.684. The minimum atomic E-state index is -0.247. The molecule has 0 saturated carbocycles. The zero-order valence-electron chi connectivity index (χ0n) is 6.31. The monoisotopic (exact) mass is 185 g/mol. The van der Waals surface area contributed by atoms with Gasteiger partial charge in [-0.3, -0.25) is 0 Å². The van der Waals surface area contributed by atoms with Gasteiger partial charge < -0.3 is 10.0 Å². The van der Waals surface area contributed by atoms with Crippen LogP contribution in [0.4, 0.5) is 5.82 Å². The first-order valence-electron chi connectivity index (χ1n) is 3.67. The van der Waals surface area contributed by atoms with Crippen LogP contribution >= 0.6 is 11.6 Å². The predicted molar refractivity (Wildman–Crippen MR) is 45.3 cm³/mol. The number of aliphatic hydroxyl groups excluding tert-OH is 1. The summed E-state index contributed by atoms with van der Waals surface area (Å²) in [6.45, 7) is 1.19. The van der Waals surface area contributed by atoms with Gasteiger partial charge in [-0.25, -0.2) is 9.97 Å². The minimum Gasteiger partial charge on any atom is -0.389 e. The van der Waals surface area contributed by atoms with Crippen molar-refractivity contribution in [2.24, 2.45) is 0 Å². The van der Waals surface area contributed by atoms with E-state index in [0.717, 1.165) is 0 Å². The van der Waals surface area contributed by atoms with Gasteiger partial charge in [-0.1, -0.05) is 11.6 Å². The fourth-order valence-corrected chi connectivity index (χ4v) is 1.38. The first-order chi connectivity index (χ1) is 5.77. The summed E-state index contributed by atoms with van der Waals surface area (Å²) in [7, 11) is 0. The highest BCUT2D eigenvalue weighted by atomic mass is 35.5. The fraction of sp³-hybridized carbons (Fsp3) is 0.429. The largest absolute Gasteiger partial charge is 0.389 e. The van der Waals surface area contributed by atoms with Crippen molar-refractivity contribution in [1.82, 2.24) is 9.97 Å². The molecule has 0 bridgehead atoms. The molecule has 0 aliphatic carbocycles. The van der Waals surface area contributed by atoms with E-state index in [9.17, 15) is 0 Å². The molecular weight excluding hydrogens is 178 g/mol. The fourth-order valence-electron chi connectivity index (χ4n) is 1.15. The number of aromatic nitrogens is 2.